The van der Waals surface area contributed by atoms with Gasteiger partial charge < -0.3 is 4.74 Å². The Morgan fingerprint density at radius 2 is 2.08 bits per heavy atom. The molecule has 0 saturated carbocycles. The van der Waals surface area contributed by atoms with Crippen LogP contribution in [0.5, 0.6) is 0 Å². The first kappa shape index (κ1) is 18.9. The molecule has 1 heterocycles. The Morgan fingerprint density at radius 3 is 2.81 bits per heavy atom. The Morgan fingerprint density at radius 1 is 1.27 bits per heavy atom. The number of ether oxygens (including phenoxy) is 1. The van der Waals surface area contributed by atoms with Gasteiger partial charge in [-0.2, -0.15) is 0 Å². The van der Waals surface area contributed by atoms with E-state index in [1.807, 2.05) is 24.4 Å². The summed E-state index contributed by atoms with van der Waals surface area (Å²) < 4.78 is 20.0. The summed E-state index contributed by atoms with van der Waals surface area (Å²) in [5, 5.41) is 2.22. The monoisotopic (exact) mass is 407 g/mol. The molecule has 0 aliphatic heterocycles. The molecule has 0 radical (unpaired) electrons. The molecule has 7 heteroatoms. The molecular formula is C19H15ClFNO2S2. The summed E-state index contributed by atoms with van der Waals surface area (Å²) in [5.41, 5.74) is 2.45. The Labute approximate surface area is 164 Å². The second kappa shape index (κ2) is 8.66. The molecule has 3 nitrogen and oxygen atoms in total. The van der Waals surface area contributed by atoms with Gasteiger partial charge in [0.1, 0.15) is 16.8 Å². The minimum atomic E-state index is -0.504. The van der Waals surface area contributed by atoms with Gasteiger partial charge in [-0.05, 0) is 30.7 Å². The van der Waals surface area contributed by atoms with Crippen LogP contribution in [0.25, 0.3) is 0 Å². The molecule has 0 aliphatic rings. The molecule has 0 amide bonds. The number of nitrogens with zero attached hydrogens (tertiary/aromatic N) is 1. The van der Waals surface area contributed by atoms with Crippen LogP contribution in [0.15, 0.2) is 52.2 Å². The van der Waals surface area contributed by atoms with Crippen LogP contribution in [0.2, 0.25) is 5.02 Å². The fraction of sp³-hybridized carbons (Fsp3) is 0.158. The van der Waals surface area contributed by atoms with Crippen molar-refractivity contribution >= 4 is 40.7 Å². The SMILES string of the molecule is Cc1csc(SCc2ccccc2C(=O)OCc2c(F)cccc2Cl)n1. The molecule has 0 aliphatic carbocycles. The van der Waals surface area contributed by atoms with Gasteiger partial charge in [0.05, 0.1) is 10.6 Å². The number of halogens is 2. The van der Waals surface area contributed by atoms with E-state index in [-0.39, 0.29) is 17.2 Å². The molecule has 0 N–H and O–H groups in total. The second-order valence-corrected chi connectivity index (χ2v) is 7.96. The van der Waals surface area contributed by atoms with Gasteiger partial charge in [-0.25, -0.2) is 14.2 Å². The summed E-state index contributed by atoms with van der Waals surface area (Å²) in [7, 11) is 0. The molecule has 0 fully saturated rings. The molecule has 0 unspecified atom stereocenters. The standard InChI is InChI=1S/C19H15ClFNO2S2/c1-12-10-25-19(22-12)26-11-13-5-2-3-6-14(13)18(23)24-9-15-16(20)7-4-8-17(15)21/h2-8,10H,9,11H2,1H3. The van der Waals surface area contributed by atoms with Crippen LogP contribution >= 0.6 is 34.7 Å². The lowest BCUT2D eigenvalue weighted by Crippen LogP contribution is -2.09. The molecule has 0 saturated heterocycles. The van der Waals surface area contributed by atoms with Gasteiger partial charge in [-0.15, -0.1) is 11.3 Å². The third-order valence-electron chi connectivity index (χ3n) is 3.60. The molecular weight excluding hydrogens is 393 g/mol. The number of aromatic nitrogens is 1. The molecule has 1 aromatic heterocycles. The largest absolute Gasteiger partial charge is 0.457 e. The average molecular weight is 408 g/mol. The minimum Gasteiger partial charge on any atom is -0.457 e. The topological polar surface area (TPSA) is 39.2 Å². The highest BCUT2D eigenvalue weighted by Gasteiger charge is 2.15. The van der Waals surface area contributed by atoms with Gasteiger partial charge in [-0.3, -0.25) is 0 Å². The predicted octanol–water partition coefficient (Wildman–Crippen LogP) is 5.89. The molecule has 0 atom stereocenters. The lowest BCUT2D eigenvalue weighted by Gasteiger charge is -2.10. The van der Waals surface area contributed by atoms with E-state index in [0.717, 1.165) is 15.6 Å². The quantitative estimate of drug-likeness (QED) is 0.377. The maximum atomic E-state index is 13.8. The van der Waals surface area contributed by atoms with E-state index in [1.54, 1.807) is 41.3 Å². The number of esters is 1. The summed E-state index contributed by atoms with van der Waals surface area (Å²) in [6, 6.07) is 11.6. The van der Waals surface area contributed by atoms with Crippen LogP contribution in [-0.4, -0.2) is 11.0 Å². The van der Waals surface area contributed by atoms with E-state index in [0.29, 0.717) is 11.3 Å². The van der Waals surface area contributed by atoms with E-state index in [1.165, 1.54) is 12.1 Å². The van der Waals surface area contributed by atoms with Crippen molar-refractivity contribution < 1.29 is 13.9 Å². The summed E-state index contributed by atoms with van der Waals surface area (Å²) >= 11 is 9.11. The van der Waals surface area contributed by atoms with Crippen LogP contribution in [0, 0.1) is 12.7 Å². The normalized spacial score (nSPS) is 10.7. The van der Waals surface area contributed by atoms with E-state index in [9.17, 15) is 9.18 Å². The summed E-state index contributed by atoms with van der Waals surface area (Å²) in [6.45, 7) is 1.73. The van der Waals surface area contributed by atoms with Gasteiger partial charge in [0.15, 0.2) is 0 Å². The summed E-state index contributed by atoms with van der Waals surface area (Å²) in [4.78, 5) is 16.9. The number of thioether (sulfide) groups is 1. The van der Waals surface area contributed by atoms with Crippen molar-refractivity contribution in [2.75, 3.05) is 0 Å². The third-order valence-corrected chi connectivity index (χ3v) is 6.14. The molecule has 0 bridgehead atoms. The van der Waals surface area contributed by atoms with E-state index in [2.05, 4.69) is 4.98 Å². The number of aryl methyl sites for hydroxylation is 1. The van der Waals surface area contributed by atoms with Gasteiger partial charge in [0, 0.05) is 22.4 Å². The first-order valence-corrected chi connectivity index (χ1v) is 10.0. The van der Waals surface area contributed by atoms with Crippen molar-refractivity contribution in [1.29, 1.82) is 0 Å². The van der Waals surface area contributed by atoms with Crippen LogP contribution in [0.1, 0.15) is 27.2 Å². The van der Waals surface area contributed by atoms with Gasteiger partial charge >= 0.3 is 5.97 Å². The zero-order valence-electron chi connectivity index (χ0n) is 13.9. The number of carbonyl (C=O) groups excluding carboxylic acids is 1. The van der Waals surface area contributed by atoms with E-state index in [4.69, 9.17) is 16.3 Å². The van der Waals surface area contributed by atoms with Crippen molar-refractivity contribution in [3.8, 4) is 0 Å². The van der Waals surface area contributed by atoms with Crippen LogP contribution in [-0.2, 0) is 17.1 Å². The fourth-order valence-electron chi connectivity index (χ4n) is 2.27. The number of hydrogen-bond donors (Lipinski definition) is 0. The Bertz CT molecular complexity index is 909. The van der Waals surface area contributed by atoms with Gasteiger partial charge in [0.2, 0.25) is 0 Å². The maximum Gasteiger partial charge on any atom is 0.338 e. The highest BCUT2D eigenvalue weighted by atomic mass is 35.5. The zero-order chi connectivity index (χ0) is 18.5. The number of hydrogen-bond acceptors (Lipinski definition) is 5. The molecule has 26 heavy (non-hydrogen) atoms. The highest BCUT2D eigenvalue weighted by molar-refractivity contribution is 8.00. The maximum absolute atomic E-state index is 13.8. The lowest BCUT2D eigenvalue weighted by atomic mass is 10.1. The molecule has 134 valence electrons. The van der Waals surface area contributed by atoms with Crippen molar-refractivity contribution in [2.45, 2.75) is 23.6 Å². The summed E-state index contributed by atoms with van der Waals surface area (Å²) in [5.74, 6) is -0.400. The summed E-state index contributed by atoms with van der Waals surface area (Å²) in [6.07, 6.45) is 0. The molecule has 3 rings (SSSR count). The second-order valence-electron chi connectivity index (χ2n) is 5.48. The lowest BCUT2D eigenvalue weighted by molar-refractivity contribution is 0.0468. The van der Waals surface area contributed by atoms with Crippen LogP contribution < -0.4 is 0 Å². The first-order valence-electron chi connectivity index (χ1n) is 7.77. The number of benzene rings is 2. The molecule has 2 aromatic carbocycles. The number of rotatable bonds is 6. The van der Waals surface area contributed by atoms with Crippen LogP contribution in [0.3, 0.4) is 0 Å². The highest BCUT2D eigenvalue weighted by Crippen LogP contribution is 2.28. The number of thiazole rings is 1. The Balaban J connectivity index is 1.69. The van der Waals surface area contributed by atoms with Crippen LogP contribution in [0.4, 0.5) is 4.39 Å². The predicted molar refractivity (Wildman–Crippen MR) is 103 cm³/mol. The van der Waals surface area contributed by atoms with E-state index >= 15 is 0 Å². The third kappa shape index (κ3) is 4.63. The van der Waals surface area contributed by atoms with Crippen molar-refractivity contribution in [2.24, 2.45) is 0 Å². The van der Waals surface area contributed by atoms with Crippen molar-refractivity contribution in [1.82, 2.24) is 4.98 Å². The average Bonchev–Trinajstić information content (AvgIpc) is 3.05. The van der Waals surface area contributed by atoms with Crippen molar-refractivity contribution in [3.05, 3.63) is 81.1 Å². The smallest absolute Gasteiger partial charge is 0.338 e. The Kier molecular flexibility index (Phi) is 6.29. The van der Waals surface area contributed by atoms with Gasteiger partial charge in [0.25, 0.3) is 0 Å². The molecule has 0 spiro atoms. The first-order chi connectivity index (χ1) is 12.5. The minimum absolute atomic E-state index is 0.174. The molecule has 3 aromatic rings. The van der Waals surface area contributed by atoms with E-state index < -0.39 is 11.8 Å². The van der Waals surface area contributed by atoms with Gasteiger partial charge in [-0.1, -0.05) is 47.6 Å². The fourth-order valence-corrected chi connectivity index (χ4v) is 4.34. The zero-order valence-corrected chi connectivity index (χ0v) is 16.3. The number of carbonyl (C=O) groups is 1. The van der Waals surface area contributed by atoms with Crippen molar-refractivity contribution in [3.63, 3.8) is 0 Å². The Hall–Kier alpha value is -1.89.